The van der Waals surface area contributed by atoms with E-state index >= 15 is 0 Å². The normalized spacial score (nSPS) is 19.7. The molecule has 2 aromatic rings. The third-order valence-electron chi connectivity index (χ3n) is 4.99. The quantitative estimate of drug-likeness (QED) is 0.903. The van der Waals surface area contributed by atoms with Crippen LogP contribution in [0.4, 0.5) is 5.69 Å². The minimum absolute atomic E-state index is 0.0563. The van der Waals surface area contributed by atoms with Gasteiger partial charge in [0, 0.05) is 24.7 Å². The summed E-state index contributed by atoms with van der Waals surface area (Å²) < 4.78 is 11.1. The molecule has 1 N–H and O–H groups in total. The number of carbonyl (C=O) groups excluding carboxylic acids is 2. The fourth-order valence-electron chi connectivity index (χ4n) is 3.49. The maximum atomic E-state index is 12.6. The average Bonchev–Trinajstić information content (AvgIpc) is 3.10. The van der Waals surface area contributed by atoms with Crippen molar-refractivity contribution < 1.29 is 19.1 Å². The highest BCUT2D eigenvalue weighted by atomic mass is 16.6. The van der Waals surface area contributed by atoms with E-state index in [2.05, 4.69) is 5.32 Å². The highest BCUT2D eigenvalue weighted by Crippen LogP contribution is 2.36. The van der Waals surface area contributed by atoms with Crippen molar-refractivity contribution in [2.75, 3.05) is 24.7 Å². The second-order valence-electron chi connectivity index (χ2n) is 6.87. The zero-order valence-electron chi connectivity index (χ0n) is 15.2. The van der Waals surface area contributed by atoms with Crippen LogP contribution >= 0.6 is 0 Å². The number of hydrogen-bond donors (Lipinski definition) is 1. The lowest BCUT2D eigenvalue weighted by molar-refractivity contribution is -0.126. The Kier molecular flexibility index (Phi) is 4.71. The van der Waals surface area contributed by atoms with Gasteiger partial charge in [0.15, 0.2) is 11.5 Å². The Morgan fingerprint density at radius 2 is 1.85 bits per heavy atom. The standard InChI is InChI=1S/C21H22N2O4/c1-14(15-5-3-2-4-6-15)22-21(25)16-11-20(24)23(13-16)17-7-8-18-19(12-17)27-10-9-26-18/h2-8,12,14,16H,9-11,13H2,1H3,(H,22,25). The van der Waals surface area contributed by atoms with Crippen molar-refractivity contribution in [2.45, 2.75) is 19.4 Å². The molecule has 0 aromatic heterocycles. The first-order chi connectivity index (χ1) is 13.1. The van der Waals surface area contributed by atoms with E-state index in [0.29, 0.717) is 31.3 Å². The number of rotatable bonds is 4. The van der Waals surface area contributed by atoms with Gasteiger partial charge in [0.25, 0.3) is 0 Å². The summed E-state index contributed by atoms with van der Waals surface area (Å²) in [7, 11) is 0. The van der Waals surface area contributed by atoms with E-state index in [-0.39, 0.29) is 30.2 Å². The number of fused-ring (bicyclic) bond motifs is 1. The highest BCUT2D eigenvalue weighted by molar-refractivity contribution is 6.00. The summed E-state index contributed by atoms with van der Waals surface area (Å²) in [6, 6.07) is 15.1. The molecule has 2 amide bonds. The molecule has 27 heavy (non-hydrogen) atoms. The summed E-state index contributed by atoms with van der Waals surface area (Å²) in [5.74, 6) is 0.801. The van der Waals surface area contributed by atoms with Crippen LogP contribution < -0.4 is 19.7 Å². The predicted octanol–water partition coefficient (Wildman–Crippen LogP) is 2.69. The number of carbonyl (C=O) groups is 2. The molecule has 140 valence electrons. The number of amides is 2. The Labute approximate surface area is 158 Å². The zero-order chi connectivity index (χ0) is 18.8. The fraction of sp³-hybridized carbons (Fsp3) is 0.333. The van der Waals surface area contributed by atoms with Crippen LogP contribution in [-0.2, 0) is 9.59 Å². The molecule has 2 aliphatic heterocycles. The van der Waals surface area contributed by atoms with Crippen LogP contribution in [0.25, 0.3) is 0 Å². The van der Waals surface area contributed by atoms with Crippen molar-refractivity contribution in [1.29, 1.82) is 0 Å². The lowest BCUT2D eigenvalue weighted by Crippen LogP contribution is -2.34. The van der Waals surface area contributed by atoms with Crippen LogP contribution in [0, 0.1) is 5.92 Å². The molecule has 6 nitrogen and oxygen atoms in total. The molecule has 4 rings (SSSR count). The molecular formula is C21H22N2O4. The Balaban J connectivity index is 1.43. The van der Waals surface area contributed by atoms with Gasteiger partial charge >= 0.3 is 0 Å². The second-order valence-corrected chi connectivity index (χ2v) is 6.87. The van der Waals surface area contributed by atoms with Crippen molar-refractivity contribution >= 4 is 17.5 Å². The monoisotopic (exact) mass is 366 g/mol. The van der Waals surface area contributed by atoms with E-state index in [1.54, 1.807) is 11.0 Å². The maximum absolute atomic E-state index is 12.6. The molecule has 2 heterocycles. The second kappa shape index (κ2) is 7.31. The van der Waals surface area contributed by atoms with Crippen molar-refractivity contribution in [1.82, 2.24) is 5.32 Å². The van der Waals surface area contributed by atoms with Gasteiger partial charge in [-0.3, -0.25) is 9.59 Å². The van der Waals surface area contributed by atoms with Crippen molar-refractivity contribution in [3.8, 4) is 11.5 Å². The number of benzene rings is 2. The number of anilines is 1. The third-order valence-corrected chi connectivity index (χ3v) is 4.99. The molecule has 2 aliphatic rings. The summed E-state index contributed by atoms with van der Waals surface area (Å²) in [5.41, 5.74) is 1.77. The van der Waals surface area contributed by atoms with E-state index in [0.717, 1.165) is 11.3 Å². The van der Waals surface area contributed by atoms with Gasteiger partial charge in [-0.15, -0.1) is 0 Å². The number of nitrogens with one attached hydrogen (secondary N) is 1. The van der Waals surface area contributed by atoms with Gasteiger partial charge in [0.2, 0.25) is 11.8 Å². The van der Waals surface area contributed by atoms with Gasteiger partial charge in [-0.1, -0.05) is 30.3 Å². The van der Waals surface area contributed by atoms with Gasteiger partial charge in [-0.2, -0.15) is 0 Å². The Hall–Kier alpha value is -3.02. The largest absolute Gasteiger partial charge is 0.486 e. The summed E-state index contributed by atoms with van der Waals surface area (Å²) in [4.78, 5) is 26.8. The molecule has 2 unspecified atom stereocenters. The van der Waals surface area contributed by atoms with Crippen LogP contribution in [0.3, 0.4) is 0 Å². The fourth-order valence-corrected chi connectivity index (χ4v) is 3.49. The predicted molar refractivity (Wildman–Crippen MR) is 101 cm³/mol. The first-order valence-corrected chi connectivity index (χ1v) is 9.17. The summed E-state index contributed by atoms with van der Waals surface area (Å²) in [5, 5.41) is 3.02. The lowest BCUT2D eigenvalue weighted by Gasteiger charge is -2.22. The SMILES string of the molecule is CC(NC(=O)C1CC(=O)N(c2ccc3c(c2)OCCO3)C1)c1ccccc1. The zero-order valence-corrected chi connectivity index (χ0v) is 15.2. The molecule has 6 heteroatoms. The first-order valence-electron chi connectivity index (χ1n) is 9.17. The third kappa shape index (κ3) is 3.60. The molecule has 0 aliphatic carbocycles. The van der Waals surface area contributed by atoms with Gasteiger partial charge < -0.3 is 19.7 Å². The molecule has 1 saturated heterocycles. The van der Waals surface area contributed by atoms with Gasteiger partial charge in [0.1, 0.15) is 13.2 Å². The van der Waals surface area contributed by atoms with E-state index in [1.165, 1.54) is 0 Å². The minimum atomic E-state index is -0.364. The average molecular weight is 366 g/mol. The van der Waals surface area contributed by atoms with E-state index < -0.39 is 0 Å². The van der Waals surface area contributed by atoms with Crippen molar-refractivity contribution in [2.24, 2.45) is 5.92 Å². The summed E-state index contributed by atoms with van der Waals surface area (Å²) in [6.45, 7) is 3.33. The van der Waals surface area contributed by atoms with Crippen molar-refractivity contribution in [3.63, 3.8) is 0 Å². The van der Waals surface area contributed by atoms with E-state index in [1.807, 2.05) is 49.4 Å². The maximum Gasteiger partial charge on any atom is 0.227 e. The molecule has 0 spiro atoms. The smallest absolute Gasteiger partial charge is 0.227 e. The van der Waals surface area contributed by atoms with Crippen LogP contribution in [0.2, 0.25) is 0 Å². The first kappa shape index (κ1) is 17.4. The number of ether oxygens (including phenoxy) is 2. The highest BCUT2D eigenvalue weighted by Gasteiger charge is 2.36. The molecule has 1 fully saturated rings. The molecule has 0 saturated carbocycles. The summed E-state index contributed by atoms with van der Waals surface area (Å²) in [6.07, 6.45) is 0.210. The van der Waals surface area contributed by atoms with Crippen molar-refractivity contribution in [3.05, 3.63) is 54.1 Å². The lowest BCUT2D eigenvalue weighted by atomic mass is 10.1. The Morgan fingerprint density at radius 3 is 2.63 bits per heavy atom. The number of nitrogens with zero attached hydrogens (tertiary/aromatic N) is 1. The van der Waals surface area contributed by atoms with Gasteiger partial charge in [-0.25, -0.2) is 0 Å². The number of hydrogen-bond acceptors (Lipinski definition) is 4. The molecular weight excluding hydrogens is 344 g/mol. The molecule has 2 aromatic carbocycles. The van der Waals surface area contributed by atoms with E-state index in [4.69, 9.17) is 9.47 Å². The van der Waals surface area contributed by atoms with Crippen LogP contribution in [-0.4, -0.2) is 31.6 Å². The summed E-state index contributed by atoms with van der Waals surface area (Å²) >= 11 is 0. The Morgan fingerprint density at radius 1 is 1.11 bits per heavy atom. The topological polar surface area (TPSA) is 67.9 Å². The molecule has 0 bridgehead atoms. The van der Waals surface area contributed by atoms with Crippen LogP contribution in [0.1, 0.15) is 24.9 Å². The molecule has 2 atom stereocenters. The van der Waals surface area contributed by atoms with Crippen LogP contribution in [0.5, 0.6) is 11.5 Å². The van der Waals surface area contributed by atoms with Crippen LogP contribution in [0.15, 0.2) is 48.5 Å². The minimum Gasteiger partial charge on any atom is -0.486 e. The van der Waals surface area contributed by atoms with Gasteiger partial charge in [-0.05, 0) is 24.6 Å². The Bertz CT molecular complexity index is 853. The molecule has 0 radical (unpaired) electrons. The van der Waals surface area contributed by atoms with E-state index in [9.17, 15) is 9.59 Å². The van der Waals surface area contributed by atoms with Gasteiger partial charge in [0.05, 0.1) is 12.0 Å².